The first-order chi connectivity index (χ1) is 14.7. The lowest BCUT2D eigenvalue weighted by atomic mass is 9.86. The SMILES string of the molecule is [CH]N1CCNCc2cccc(n2)CN(CC(=O)O)[C@@H](Cc2ccc(C(C)(C)C)cc2)C1. The maximum atomic E-state index is 11.7. The Hall–Kier alpha value is -2.28. The summed E-state index contributed by atoms with van der Waals surface area (Å²) in [6, 6.07) is 14.5. The largest absolute Gasteiger partial charge is 0.480 e. The number of nitrogens with zero attached hydrogens (tertiary/aromatic N) is 3. The number of benzene rings is 1. The highest BCUT2D eigenvalue weighted by molar-refractivity contribution is 5.69. The van der Waals surface area contributed by atoms with Crippen molar-refractivity contribution in [2.45, 2.75) is 51.7 Å². The summed E-state index contributed by atoms with van der Waals surface area (Å²) in [7, 11) is 6.31. The Morgan fingerprint density at radius 2 is 1.90 bits per heavy atom. The molecule has 2 N–H and O–H groups in total. The van der Waals surface area contributed by atoms with E-state index in [-0.39, 0.29) is 18.0 Å². The lowest BCUT2D eigenvalue weighted by Gasteiger charge is -2.34. The fourth-order valence-corrected chi connectivity index (χ4v) is 3.93. The number of carboxylic acids is 1. The number of nitrogens with one attached hydrogen (secondary N) is 1. The molecule has 2 bridgehead atoms. The summed E-state index contributed by atoms with van der Waals surface area (Å²) in [6.45, 7) is 9.69. The van der Waals surface area contributed by atoms with Gasteiger partial charge in [-0.25, -0.2) is 0 Å². The van der Waals surface area contributed by atoms with Gasteiger partial charge in [0.2, 0.25) is 0 Å². The molecular weight excluding hydrogens is 388 g/mol. The first kappa shape index (κ1) is 23.4. The van der Waals surface area contributed by atoms with E-state index in [0.717, 1.165) is 24.4 Å². The molecule has 0 amide bonds. The third kappa shape index (κ3) is 7.13. The van der Waals surface area contributed by atoms with Gasteiger partial charge >= 0.3 is 5.97 Å². The van der Waals surface area contributed by atoms with Gasteiger partial charge in [-0.1, -0.05) is 51.1 Å². The van der Waals surface area contributed by atoms with Crippen LogP contribution in [0.3, 0.4) is 0 Å². The molecule has 2 aromatic rings. The van der Waals surface area contributed by atoms with Crippen LogP contribution >= 0.6 is 0 Å². The van der Waals surface area contributed by atoms with E-state index in [4.69, 9.17) is 12.0 Å². The molecule has 0 saturated heterocycles. The van der Waals surface area contributed by atoms with E-state index in [1.807, 2.05) is 23.1 Å². The standard InChI is InChI=1S/C25H34N4O2/c1-25(2,3)20-10-8-19(9-11-20)14-23-17-28(4)13-12-26-15-21-6-5-7-22(27-21)16-29(23)18-24(30)31/h4-11,23,26H,12-18H2,1-3H3,(H,30,31)/t23-/m0/s1. The van der Waals surface area contributed by atoms with Crippen molar-refractivity contribution in [1.29, 1.82) is 0 Å². The number of hydrogen-bond donors (Lipinski definition) is 2. The second-order valence-corrected chi connectivity index (χ2v) is 9.40. The van der Waals surface area contributed by atoms with Crippen LogP contribution in [0, 0.1) is 7.05 Å². The van der Waals surface area contributed by atoms with Crippen molar-refractivity contribution >= 4 is 5.97 Å². The van der Waals surface area contributed by atoms with Crippen LogP contribution in [-0.2, 0) is 29.7 Å². The zero-order valence-corrected chi connectivity index (χ0v) is 18.8. The topological polar surface area (TPSA) is 68.7 Å². The van der Waals surface area contributed by atoms with Crippen molar-refractivity contribution in [1.82, 2.24) is 20.1 Å². The van der Waals surface area contributed by atoms with Crippen LogP contribution in [-0.4, -0.2) is 58.1 Å². The van der Waals surface area contributed by atoms with Gasteiger partial charge in [0.1, 0.15) is 0 Å². The molecule has 31 heavy (non-hydrogen) atoms. The highest BCUT2D eigenvalue weighted by atomic mass is 16.4. The van der Waals surface area contributed by atoms with Gasteiger partial charge in [-0.15, -0.1) is 0 Å². The average Bonchev–Trinajstić information content (AvgIpc) is 2.69. The van der Waals surface area contributed by atoms with Crippen molar-refractivity contribution in [3.63, 3.8) is 0 Å². The van der Waals surface area contributed by atoms with Gasteiger partial charge in [0.25, 0.3) is 0 Å². The monoisotopic (exact) mass is 422 g/mol. The zero-order chi connectivity index (χ0) is 22.4. The quantitative estimate of drug-likeness (QED) is 0.790. The summed E-state index contributed by atoms with van der Waals surface area (Å²) in [4.78, 5) is 20.2. The van der Waals surface area contributed by atoms with Gasteiger partial charge in [-0.05, 0) is 35.1 Å². The molecule has 3 rings (SSSR count). The molecular formula is C25H34N4O2. The van der Waals surface area contributed by atoms with Crippen LogP contribution < -0.4 is 5.32 Å². The molecule has 1 atom stereocenters. The Bertz CT molecular complexity index is 861. The van der Waals surface area contributed by atoms with Crippen molar-refractivity contribution in [3.05, 3.63) is 72.0 Å². The van der Waals surface area contributed by atoms with E-state index in [9.17, 15) is 9.90 Å². The van der Waals surface area contributed by atoms with Crippen LogP contribution in [0.5, 0.6) is 0 Å². The van der Waals surface area contributed by atoms with Crippen molar-refractivity contribution in [3.8, 4) is 0 Å². The summed E-state index contributed by atoms with van der Waals surface area (Å²) in [5.74, 6) is -0.846. The molecule has 2 heterocycles. The van der Waals surface area contributed by atoms with Crippen LogP contribution in [0.1, 0.15) is 43.3 Å². The molecule has 166 valence electrons. The average molecular weight is 423 g/mol. The molecule has 0 aliphatic carbocycles. The molecule has 6 heteroatoms. The minimum absolute atomic E-state index is 0.0496. The van der Waals surface area contributed by atoms with Crippen LogP contribution in [0.25, 0.3) is 0 Å². The number of fused-ring (bicyclic) bond motifs is 2. The van der Waals surface area contributed by atoms with Crippen molar-refractivity contribution in [2.75, 3.05) is 26.2 Å². The van der Waals surface area contributed by atoms with E-state index in [0.29, 0.717) is 26.2 Å². The molecule has 6 nitrogen and oxygen atoms in total. The number of aliphatic carboxylic acids is 1. The van der Waals surface area contributed by atoms with Gasteiger partial charge in [-0.2, -0.15) is 0 Å². The third-order valence-electron chi connectivity index (χ3n) is 5.70. The molecule has 1 aliphatic rings. The molecule has 1 aromatic carbocycles. The number of aromatic nitrogens is 1. The van der Waals surface area contributed by atoms with E-state index < -0.39 is 5.97 Å². The predicted molar refractivity (Wildman–Crippen MR) is 122 cm³/mol. The minimum Gasteiger partial charge on any atom is -0.480 e. The maximum Gasteiger partial charge on any atom is 0.317 e. The number of carbonyl (C=O) groups is 1. The fraction of sp³-hybridized carbons (Fsp3) is 0.480. The smallest absolute Gasteiger partial charge is 0.317 e. The molecule has 0 unspecified atom stereocenters. The van der Waals surface area contributed by atoms with E-state index >= 15 is 0 Å². The van der Waals surface area contributed by atoms with Crippen LogP contribution in [0.15, 0.2) is 42.5 Å². The summed E-state index contributed by atoms with van der Waals surface area (Å²) in [6.07, 6.45) is 0.721. The minimum atomic E-state index is -0.846. The zero-order valence-electron chi connectivity index (χ0n) is 18.8. The molecule has 1 aromatic heterocycles. The highest BCUT2D eigenvalue weighted by Gasteiger charge is 2.24. The van der Waals surface area contributed by atoms with Gasteiger partial charge in [0.15, 0.2) is 0 Å². The van der Waals surface area contributed by atoms with Gasteiger partial charge in [0, 0.05) is 45.8 Å². The number of carboxylic acid groups (broad SMARTS) is 1. The molecule has 0 saturated carbocycles. The number of pyridine rings is 1. The fourth-order valence-electron chi connectivity index (χ4n) is 3.93. The maximum absolute atomic E-state index is 11.7. The van der Waals surface area contributed by atoms with Gasteiger partial charge in [-0.3, -0.25) is 19.6 Å². The molecule has 2 radical (unpaired) electrons. The Labute approximate surface area is 186 Å². The summed E-state index contributed by atoms with van der Waals surface area (Å²) >= 11 is 0. The van der Waals surface area contributed by atoms with Gasteiger partial charge in [0.05, 0.1) is 17.9 Å². The Kier molecular flexibility index (Phi) is 7.81. The first-order valence-corrected chi connectivity index (χ1v) is 10.9. The van der Waals surface area contributed by atoms with Crippen LogP contribution in [0.4, 0.5) is 0 Å². The summed E-state index contributed by atoms with van der Waals surface area (Å²) in [5, 5.41) is 13.0. The second kappa shape index (κ2) is 10.4. The number of rotatable bonds is 4. The van der Waals surface area contributed by atoms with Crippen molar-refractivity contribution < 1.29 is 9.90 Å². The lowest BCUT2D eigenvalue weighted by Crippen LogP contribution is -2.47. The lowest BCUT2D eigenvalue weighted by molar-refractivity contribution is -0.139. The highest BCUT2D eigenvalue weighted by Crippen LogP contribution is 2.23. The van der Waals surface area contributed by atoms with E-state index in [2.05, 4.69) is 50.4 Å². The van der Waals surface area contributed by atoms with Gasteiger partial charge < -0.3 is 10.4 Å². The summed E-state index contributed by atoms with van der Waals surface area (Å²) < 4.78 is 0. The summed E-state index contributed by atoms with van der Waals surface area (Å²) in [5.41, 5.74) is 4.38. The molecule has 1 aliphatic heterocycles. The molecule has 0 spiro atoms. The molecule has 0 fully saturated rings. The van der Waals surface area contributed by atoms with E-state index in [1.165, 1.54) is 11.1 Å². The third-order valence-corrected chi connectivity index (χ3v) is 5.70. The van der Waals surface area contributed by atoms with E-state index in [1.54, 1.807) is 4.90 Å². The Morgan fingerprint density at radius 1 is 1.19 bits per heavy atom. The first-order valence-electron chi connectivity index (χ1n) is 10.9. The van der Waals surface area contributed by atoms with Crippen molar-refractivity contribution in [2.24, 2.45) is 0 Å². The Balaban J connectivity index is 1.88. The predicted octanol–water partition coefficient (Wildman–Crippen LogP) is 2.95. The van der Waals surface area contributed by atoms with Crippen LogP contribution in [0.2, 0.25) is 0 Å². The number of hydrogen-bond acceptors (Lipinski definition) is 5. The Morgan fingerprint density at radius 3 is 2.58 bits per heavy atom. The second-order valence-electron chi connectivity index (χ2n) is 9.40. The normalized spacial score (nSPS) is 19.4.